The minimum Gasteiger partial charge on any atom is -0.317 e. The van der Waals surface area contributed by atoms with Gasteiger partial charge in [0.15, 0.2) is 0 Å². The van der Waals surface area contributed by atoms with Crippen molar-refractivity contribution >= 4 is 56.3 Å². The van der Waals surface area contributed by atoms with Crippen molar-refractivity contribution in [3.05, 3.63) is 106 Å². The largest absolute Gasteiger partial charge is 0.317 e. The van der Waals surface area contributed by atoms with E-state index in [-0.39, 0.29) is 16.3 Å². The highest BCUT2D eigenvalue weighted by molar-refractivity contribution is 7.87. The highest BCUT2D eigenvalue weighted by atomic mass is 35.5. The molecule has 0 atom stereocenters. The summed E-state index contributed by atoms with van der Waals surface area (Å²) in [5.74, 6) is -0.963. The number of carbonyl (C=O) groups is 2. The summed E-state index contributed by atoms with van der Waals surface area (Å²) >= 11 is 6.25. The van der Waals surface area contributed by atoms with Gasteiger partial charge in [0.25, 0.3) is 11.8 Å². The molecule has 8 nitrogen and oxygen atoms in total. The number of benzene rings is 3. The Kier molecular flexibility index (Phi) is 6.83. The van der Waals surface area contributed by atoms with Crippen LogP contribution < -0.4 is 10.2 Å². The van der Waals surface area contributed by atoms with Crippen molar-refractivity contribution in [2.75, 3.05) is 25.5 Å². The molecule has 10 heteroatoms. The van der Waals surface area contributed by atoms with Gasteiger partial charge in [-0.05, 0) is 42.3 Å². The Morgan fingerprint density at radius 1 is 0.974 bits per heavy atom. The molecule has 0 fully saturated rings. The minimum absolute atomic E-state index is 0.00298. The number of rotatable bonds is 6. The number of hydrogen-bond donors (Lipinski definition) is 1. The molecule has 1 N–H and O–H groups in total. The normalized spacial score (nSPS) is 13.7. The van der Waals surface area contributed by atoms with Crippen LogP contribution in [0.4, 0.5) is 5.69 Å². The number of nitrogens with zero attached hydrogens (tertiary/aromatic N) is 3. The second-order valence-corrected chi connectivity index (χ2v) is 11.4. The minimum atomic E-state index is -3.85. The molecule has 4 aromatic rings. The number of halogens is 1. The van der Waals surface area contributed by atoms with Gasteiger partial charge in [0.05, 0.1) is 16.1 Å². The van der Waals surface area contributed by atoms with Gasteiger partial charge in [-0.1, -0.05) is 60.1 Å². The maximum absolute atomic E-state index is 13.9. The molecule has 0 bridgehead atoms. The fourth-order valence-corrected chi connectivity index (χ4v) is 5.72. The summed E-state index contributed by atoms with van der Waals surface area (Å²) in [7, 11) is -0.950. The molecule has 0 saturated heterocycles. The highest BCUT2D eigenvalue weighted by Crippen LogP contribution is 2.30. The van der Waals surface area contributed by atoms with Crippen molar-refractivity contribution in [2.45, 2.75) is 6.42 Å². The van der Waals surface area contributed by atoms with Crippen LogP contribution in [0.15, 0.2) is 84.7 Å². The average molecular weight is 549 g/mol. The number of para-hydroxylation sites is 2. The van der Waals surface area contributed by atoms with Gasteiger partial charge >= 0.3 is 10.2 Å². The average Bonchev–Trinajstić information content (AvgIpc) is 3.50. The third-order valence-corrected chi connectivity index (χ3v) is 8.50. The van der Waals surface area contributed by atoms with Crippen molar-refractivity contribution in [1.29, 1.82) is 0 Å². The molecule has 0 radical (unpaired) electrons. The number of amides is 2. The first kappa shape index (κ1) is 25.7. The van der Waals surface area contributed by atoms with Crippen LogP contribution in [-0.2, 0) is 21.4 Å². The Labute approximate surface area is 225 Å². The van der Waals surface area contributed by atoms with E-state index in [4.69, 9.17) is 11.6 Å². The Balaban J connectivity index is 1.64. The van der Waals surface area contributed by atoms with Gasteiger partial charge < -0.3 is 10.2 Å². The third-order valence-electron chi connectivity index (χ3n) is 6.45. The van der Waals surface area contributed by atoms with Crippen LogP contribution in [0.2, 0.25) is 5.02 Å². The van der Waals surface area contributed by atoms with E-state index < -0.39 is 22.0 Å². The number of aromatic nitrogens is 1. The SMILES string of the molecule is CN(C)S(=O)(=O)n1cc(/C=C(\NC(=O)c2ccccc2Cl)C(=O)N2CCc3ccccc32)c2ccccc21. The van der Waals surface area contributed by atoms with Crippen LogP contribution in [-0.4, -0.2) is 49.1 Å². The molecule has 1 aliphatic rings. The van der Waals surface area contributed by atoms with Gasteiger partial charge in [0.1, 0.15) is 5.70 Å². The van der Waals surface area contributed by atoms with E-state index in [1.165, 1.54) is 26.4 Å². The van der Waals surface area contributed by atoms with Gasteiger partial charge in [0.2, 0.25) is 0 Å². The molecule has 38 heavy (non-hydrogen) atoms. The van der Waals surface area contributed by atoms with E-state index in [2.05, 4.69) is 5.32 Å². The van der Waals surface area contributed by atoms with E-state index in [0.29, 0.717) is 29.4 Å². The summed E-state index contributed by atoms with van der Waals surface area (Å²) in [6.45, 7) is 0.453. The molecule has 3 aromatic carbocycles. The summed E-state index contributed by atoms with van der Waals surface area (Å²) in [6, 6.07) is 21.1. The predicted octanol–water partition coefficient (Wildman–Crippen LogP) is 4.31. The standard InChI is InChI=1S/C28H25ClN4O4S/c1-31(2)38(36,37)33-18-20(21-10-5-8-14-26(21)33)17-24(30-27(34)22-11-4-6-12-23(22)29)28(35)32-16-15-19-9-3-7-13-25(19)32/h3-14,17-18H,15-16H2,1-2H3,(H,30,34)/b24-17-. The number of anilines is 1. The summed E-state index contributed by atoms with van der Waals surface area (Å²) in [5.41, 5.74) is 2.92. The number of fused-ring (bicyclic) bond motifs is 2. The first-order valence-corrected chi connectivity index (χ1v) is 13.7. The maximum atomic E-state index is 13.9. The molecule has 2 amide bonds. The molecule has 1 aliphatic heterocycles. The van der Waals surface area contributed by atoms with Gasteiger partial charge in [-0.2, -0.15) is 12.7 Å². The molecule has 2 heterocycles. The molecular formula is C28H25ClN4O4S. The zero-order chi connectivity index (χ0) is 27.0. The van der Waals surface area contributed by atoms with Crippen LogP contribution >= 0.6 is 11.6 Å². The van der Waals surface area contributed by atoms with Crippen LogP contribution in [0.25, 0.3) is 17.0 Å². The van der Waals surface area contributed by atoms with Crippen molar-refractivity contribution in [2.24, 2.45) is 0 Å². The van der Waals surface area contributed by atoms with E-state index in [1.54, 1.807) is 53.4 Å². The lowest BCUT2D eigenvalue weighted by Crippen LogP contribution is -2.37. The fraction of sp³-hybridized carbons (Fsp3) is 0.143. The fourth-order valence-electron chi connectivity index (χ4n) is 4.49. The first-order valence-electron chi connectivity index (χ1n) is 11.9. The Morgan fingerprint density at radius 3 is 2.42 bits per heavy atom. The van der Waals surface area contributed by atoms with E-state index in [0.717, 1.165) is 19.5 Å². The third kappa shape index (κ3) is 4.60. The second kappa shape index (κ2) is 10.1. The van der Waals surface area contributed by atoms with Crippen LogP contribution in [0.3, 0.4) is 0 Å². The molecule has 0 unspecified atom stereocenters. The Bertz CT molecular complexity index is 1710. The van der Waals surface area contributed by atoms with Crippen LogP contribution in [0, 0.1) is 0 Å². The lowest BCUT2D eigenvalue weighted by molar-refractivity contribution is -0.115. The van der Waals surface area contributed by atoms with Crippen molar-refractivity contribution in [3.63, 3.8) is 0 Å². The maximum Gasteiger partial charge on any atom is 0.307 e. The quantitative estimate of drug-likeness (QED) is 0.363. The number of carbonyl (C=O) groups excluding carboxylic acids is 2. The topological polar surface area (TPSA) is 91.7 Å². The molecule has 1 aromatic heterocycles. The smallest absolute Gasteiger partial charge is 0.307 e. The van der Waals surface area contributed by atoms with Gasteiger partial charge in [-0.25, -0.2) is 3.97 Å². The van der Waals surface area contributed by atoms with E-state index in [9.17, 15) is 18.0 Å². The second-order valence-electron chi connectivity index (χ2n) is 9.02. The molecule has 0 aliphatic carbocycles. The number of nitrogens with one attached hydrogen (secondary N) is 1. The zero-order valence-electron chi connectivity index (χ0n) is 20.8. The van der Waals surface area contributed by atoms with Gasteiger partial charge in [0, 0.05) is 43.5 Å². The molecule has 0 spiro atoms. The highest BCUT2D eigenvalue weighted by Gasteiger charge is 2.29. The molecular weight excluding hydrogens is 524 g/mol. The summed E-state index contributed by atoms with van der Waals surface area (Å²) in [5, 5.41) is 3.60. The van der Waals surface area contributed by atoms with Crippen LogP contribution in [0.1, 0.15) is 21.5 Å². The summed E-state index contributed by atoms with van der Waals surface area (Å²) in [4.78, 5) is 28.7. The van der Waals surface area contributed by atoms with Gasteiger partial charge in [-0.15, -0.1) is 0 Å². The van der Waals surface area contributed by atoms with Crippen molar-refractivity contribution in [3.8, 4) is 0 Å². The van der Waals surface area contributed by atoms with Crippen molar-refractivity contribution in [1.82, 2.24) is 13.6 Å². The van der Waals surface area contributed by atoms with Crippen molar-refractivity contribution < 1.29 is 18.0 Å². The molecule has 0 saturated carbocycles. The zero-order valence-corrected chi connectivity index (χ0v) is 22.3. The predicted molar refractivity (Wildman–Crippen MR) is 149 cm³/mol. The Morgan fingerprint density at radius 2 is 1.66 bits per heavy atom. The summed E-state index contributed by atoms with van der Waals surface area (Å²) in [6.07, 6.45) is 3.66. The van der Waals surface area contributed by atoms with E-state index in [1.807, 2.05) is 24.3 Å². The van der Waals surface area contributed by atoms with Gasteiger partial charge in [-0.3, -0.25) is 9.59 Å². The molecule has 194 valence electrons. The Hall–Kier alpha value is -3.92. The first-order chi connectivity index (χ1) is 18.2. The number of hydrogen-bond acceptors (Lipinski definition) is 4. The summed E-state index contributed by atoms with van der Waals surface area (Å²) < 4.78 is 28.3. The lowest BCUT2D eigenvalue weighted by Gasteiger charge is -2.20. The lowest BCUT2D eigenvalue weighted by atomic mass is 10.1. The van der Waals surface area contributed by atoms with Crippen LogP contribution in [0.5, 0.6) is 0 Å². The monoisotopic (exact) mass is 548 g/mol. The van der Waals surface area contributed by atoms with E-state index >= 15 is 0 Å². The molecule has 5 rings (SSSR count).